The summed E-state index contributed by atoms with van der Waals surface area (Å²) in [5.41, 5.74) is 3.84. The lowest BCUT2D eigenvalue weighted by Crippen LogP contribution is -2.13. The van der Waals surface area contributed by atoms with E-state index in [1.807, 2.05) is 54.6 Å². The number of nitrogens with one attached hydrogen (secondary N) is 2. The number of aliphatic hydroxyl groups excluding tert-OH is 1. The van der Waals surface area contributed by atoms with Gasteiger partial charge in [0.05, 0.1) is 11.4 Å². The van der Waals surface area contributed by atoms with Crippen LogP contribution in [0.4, 0.5) is 5.69 Å². The number of benzene rings is 2. The molecule has 3 rings (SSSR count). The summed E-state index contributed by atoms with van der Waals surface area (Å²) in [6.45, 7) is 1.70. The van der Waals surface area contributed by atoms with Gasteiger partial charge in [-0.3, -0.25) is 0 Å². The minimum absolute atomic E-state index is 0.639. The van der Waals surface area contributed by atoms with Crippen molar-refractivity contribution in [3.63, 3.8) is 0 Å². The number of hydrogen-bond donors (Lipinski definition) is 3. The summed E-state index contributed by atoms with van der Waals surface area (Å²) in [7, 11) is 0. The molecule has 0 amide bonds. The number of hydrogen-bond acceptors (Lipinski definition) is 2. The quantitative estimate of drug-likeness (QED) is 0.514. The van der Waals surface area contributed by atoms with Crippen LogP contribution in [-0.2, 0) is 0 Å². The molecule has 3 N–H and O–H groups in total. The second-order valence-corrected chi connectivity index (χ2v) is 6.66. The SMILES string of the molecule is CC(O)Nc1c(/C=C/c2ccc(Cl)cc2)[nH]c2cc(Br)ccc12. The van der Waals surface area contributed by atoms with Gasteiger partial charge in [0.1, 0.15) is 6.23 Å². The molecular formula is C18H16BrClN2O. The summed E-state index contributed by atoms with van der Waals surface area (Å²) in [5.74, 6) is 0. The smallest absolute Gasteiger partial charge is 0.121 e. The van der Waals surface area contributed by atoms with Gasteiger partial charge in [0.15, 0.2) is 0 Å². The molecule has 0 saturated carbocycles. The first-order valence-electron chi connectivity index (χ1n) is 7.22. The Labute approximate surface area is 148 Å². The van der Waals surface area contributed by atoms with Gasteiger partial charge in [-0.2, -0.15) is 0 Å². The third-order valence-electron chi connectivity index (χ3n) is 3.46. The molecule has 1 atom stereocenters. The van der Waals surface area contributed by atoms with Crippen molar-refractivity contribution in [2.45, 2.75) is 13.2 Å². The number of aromatic amines is 1. The third kappa shape index (κ3) is 3.78. The second-order valence-electron chi connectivity index (χ2n) is 5.31. The van der Waals surface area contributed by atoms with E-state index in [1.165, 1.54) is 0 Å². The van der Waals surface area contributed by atoms with Crippen LogP contribution in [0.25, 0.3) is 23.1 Å². The molecule has 1 aromatic heterocycles. The number of H-pyrrole nitrogens is 1. The van der Waals surface area contributed by atoms with Crippen molar-refractivity contribution in [3.05, 3.63) is 63.2 Å². The molecule has 23 heavy (non-hydrogen) atoms. The summed E-state index contributed by atoms with van der Waals surface area (Å²) in [6.07, 6.45) is 3.35. The van der Waals surface area contributed by atoms with Crippen LogP contribution in [-0.4, -0.2) is 16.3 Å². The van der Waals surface area contributed by atoms with Gasteiger partial charge >= 0.3 is 0 Å². The Balaban J connectivity index is 2.02. The highest BCUT2D eigenvalue weighted by Crippen LogP contribution is 2.31. The number of halogens is 2. The van der Waals surface area contributed by atoms with Gasteiger partial charge in [0, 0.05) is 20.4 Å². The van der Waals surface area contributed by atoms with Crippen LogP contribution in [0.1, 0.15) is 18.2 Å². The molecule has 3 nitrogen and oxygen atoms in total. The van der Waals surface area contributed by atoms with Gasteiger partial charge in [-0.15, -0.1) is 0 Å². The van der Waals surface area contributed by atoms with Crippen molar-refractivity contribution in [1.82, 2.24) is 4.98 Å². The van der Waals surface area contributed by atoms with Crippen molar-refractivity contribution >= 4 is 56.3 Å². The zero-order valence-corrected chi connectivity index (χ0v) is 14.8. The van der Waals surface area contributed by atoms with Crippen LogP contribution >= 0.6 is 27.5 Å². The van der Waals surface area contributed by atoms with E-state index in [1.54, 1.807) is 6.92 Å². The molecule has 0 spiro atoms. The second kappa shape index (κ2) is 6.79. The Bertz CT molecular complexity index is 853. The lowest BCUT2D eigenvalue weighted by atomic mass is 10.1. The monoisotopic (exact) mass is 390 g/mol. The predicted octanol–water partition coefficient (Wildman–Crippen LogP) is 5.50. The molecule has 2 aromatic carbocycles. The number of fused-ring (bicyclic) bond motifs is 1. The van der Waals surface area contributed by atoms with Crippen molar-refractivity contribution in [1.29, 1.82) is 0 Å². The summed E-state index contributed by atoms with van der Waals surface area (Å²) in [6, 6.07) is 13.6. The molecule has 0 aliphatic heterocycles. The van der Waals surface area contributed by atoms with Crippen LogP contribution in [0, 0.1) is 0 Å². The van der Waals surface area contributed by atoms with Crippen molar-refractivity contribution < 1.29 is 5.11 Å². The van der Waals surface area contributed by atoms with E-state index in [-0.39, 0.29) is 0 Å². The van der Waals surface area contributed by atoms with Crippen LogP contribution in [0.3, 0.4) is 0 Å². The summed E-state index contributed by atoms with van der Waals surface area (Å²) in [4.78, 5) is 3.38. The van der Waals surface area contributed by atoms with Gasteiger partial charge in [-0.25, -0.2) is 0 Å². The summed E-state index contributed by atoms with van der Waals surface area (Å²) < 4.78 is 1.00. The maximum absolute atomic E-state index is 9.71. The molecular weight excluding hydrogens is 376 g/mol. The predicted molar refractivity (Wildman–Crippen MR) is 102 cm³/mol. The molecule has 118 valence electrons. The van der Waals surface area contributed by atoms with E-state index in [0.717, 1.165) is 32.3 Å². The molecule has 1 unspecified atom stereocenters. The first-order chi connectivity index (χ1) is 11.0. The minimum atomic E-state index is -0.639. The van der Waals surface area contributed by atoms with E-state index in [0.29, 0.717) is 5.02 Å². The number of aromatic nitrogens is 1. The van der Waals surface area contributed by atoms with Crippen LogP contribution < -0.4 is 5.32 Å². The minimum Gasteiger partial charge on any atom is -0.374 e. The molecule has 5 heteroatoms. The summed E-state index contributed by atoms with van der Waals surface area (Å²) in [5, 5.41) is 14.6. The van der Waals surface area contributed by atoms with Crippen LogP contribution in [0.2, 0.25) is 5.02 Å². The molecule has 1 heterocycles. The van der Waals surface area contributed by atoms with E-state index >= 15 is 0 Å². The first-order valence-corrected chi connectivity index (χ1v) is 8.39. The number of anilines is 1. The Kier molecular flexibility index (Phi) is 4.76. The van der Waals surface area contributed by atoms with Crippen molar-refractivity contribution in [2.75, 3.05) is 5.32 Å². The molecule has 0 aliphatic carbocycles. The highest BCUT2D eigenvalue weighted by atomic mass is 79.9. The number of aliphatic hydroxyl groups is 1. The maximum atomic E-state index is 9.71. The molecule has 0 aliphatic rings. The van der Waals surface area contributed by atoms with Crippen molar-refractivity contribution in [3.8, 4) is 0 Å². The van der Waals surface area contributed by atoms with E-state index < -0.39 is 6.23 Å². The van der Waals surface area contributed by atoms with Gasteiger partial charge in [0.2, 0.25) is 0 Å². The fourth-order valence-corrected chi connectivity index (χ4v) is 2.92. The van der Waals surface area contributed by atoms with Crippen LogP contribution in [0.15, 0.2) is 46.9 Å². The average Bonchev–Trinajstić information content (AvgIpc) is 2.83. The normalized spacial score (nSPS) is 12.9. The Morgan fingerprint density at radius 1 is 1.17 bits per heavy atom. The lowest BCUT2D eigenvalue weighted by molar-refractivity contribution is 0.224. The molecule has 0 radical (unpaired) electrons. The zero-order valence-electron chi connectivity index (χ0n) is 12.5. The van der Waals surface area contributed by atoms with Gasteiger partial charge in [-0.05, 0) is 48.9 Å². The highest BCUT2D eigenvalue weighted by molar-refractivity contribution is 9.10. The molecule has 3 aromatic rings. The van der Waals surface area contributed by atoms with E-state index in [9.17, 15) is 5.11 Å². The molecule has 0 fully saturated rings. The highest BCUT2D eigenvalue weighted by Gasteiger charge is 2.11. The average molecular weight is 392 g/mol. The largest absolute Gasteiger partial charge is 0.374 e. The van der Waals surface area contributed by atoms with Gasteiger partial charge in [-0.1, -0.05) is 45.7 Å². The zero-order chi connectivity index (χ0) is 16.4. The topological polar surface area (TPSA) is 48.0 Å². The maximum Gasteiger partial charge on any atom is 0.121 e. The fourth-order valence-electron chi connectivity index (χ4n) is 2.43. The van der Waals surface area contributed by atoms with E-state index in [4.69, 9.17) is 11.6 Å². The Morgan fingerprint density at radius 3 is 2.61 bits per heavy atom. The third-order valence-corrected chi connectivity index (χ3v) is 4.20. The van der Waals surface area contributed by atoms with Crippen LogP contribution in [0.5, 0.6) is 0 Å². The molecule has 0 bridgehead atoms. The van der Waals surface area contributed by atoms with Crippen molar-refractivity contribution in [2.24, 2.45) is 0 Å². The Hall–Kier alpha value is -1.75. The van der Waals surface area contributed by atoms with Gasteiger partial charge < -0.3 is 15.4 Å². The first kappa shape index (κ1) is 16.1. The Morgan fingerprint density at radius 2 is 1.91 bits per heavy atom. The molecule has 0 saturated heterocycles. The fraction of sp³-hybridized carbons (Fsp3) is 0.111. The lowest BCUT2D eigenvalue weighted by Gasteiger charge is -2.09. The standard InChI is InChI=1S/C18H16BrClN2O/c1-11(23)21-18-15-8-5-13(19)10-17(15)22-16(18)9-4-12-2-6-14(20)7-3-12/h2-11,21-23H,1H3/b9-4+. The van der Waals surface area contributed by atoms with Gasteiger partial charge in [0.25, 0.3) is 0 Å². The van der Waals surface area contributed by atoms with E-state index in [2.05, 4.69) is 26.2 Å². The number of rotatable bonds is 4. The summed E-state index contributed by atoms with van der Waals surface area (Å²) >= 11 is 9.39.